The number of nitrogens with one attached hydrogen (secondary N) is 1. The number of hydrogen-bond donors (Lipinski definition) is 1. The minimum atomic E-state index is -0.512. The van der Waals surface area contributed by atoms with E-state index in [-0.39, 0.29) is 16.3 Å². The first-order chi connectivity index (χ1) is 11.1. The Bertz CT molecular complexity index is 667. The molecular weight excluding hydrogens is 330 g/mol. The van der Waals surface area contributed by atoms with E-state index in [9.17, 15) is 4.79 Å². The topological polar surface area (TPSA) is 91.1 Å². The molecule has 0 aliphatic carbocycles. The van der Waals surface area contributed by atoms with Crippen molar-refractivity contribution < 1.29 is 9.53 Å². The van der Waals surface area contributed by atoms with Crippen LogP contribution in [0.3, 0.4) is 0 Å². The number of aromatic nitrogens is 2. The minimum absolute atomic E-state index is 0.0983. The fourth-order valence-corrected chi connectivity index (χ4v) is 2.73. The lowest BCUT2D eigenvalue weighted by Crippen LogP contribution is -2.40. The number of carbonyl (C=O) groups is 1. The van der Waals surface area contributed by atoms with Crippen molar-refractivity contribution in [2.24, 2.45) is 5.41 Å². The number of anilines is 1. The van der Waals surface area contributed by atoms with Crippen LogP contribution in [-0.4, -0.2) is 41.3 Å². The van der Waals surface area contributed by atoms with Crippen molar-refractivity contribution in [3.63, 3.8) is 0 Å². The molecule has 1 aromatic rings. The van der Waals surface area contributed by atoms with Gasteiger partial charge in [0.2, 0.25) is 0 Å². The maximum absolute atomic E-state index is 11.8. The third kappa shape index (κ3) is 4.71. The summed E-state index contributed by atoms with van der Waals surface area (Å²) in [6, 6.07) is 1.90. The smallest absolute Gasteiger partial charge is 0.407 e. The molecule has 1 unspecified atom stereocenters. The van der Waals surface area contributed by atoms with Crippen LogP contribution in [0.5, 0.6) is 0 Å². The Balaban J connectivity index is 1.95. The summed E-state index contributed by atoms with van der Waals surface area (Å²) in [5.74, 6) is 0.639. The molecule has 0 radical (unpaired) electrons. The molecule has 0 aromatic carbocycles. The van der Waals surface area contributed by atoms with Crippen LogP contribution in [0, 0.1) is 16.7 Å². The van der Waals surface area contributed by atoms with Gasteiger partial charge in [-0.1, -0.05) is 18.5 Å². The highest BCUT2D eigenvalue weighted by Gasteiger charge is 2.35. The van der Waals surface area contributed by atoms with E-state index < -0.39 is 11.7 Å². The van der Waals surface area contributed by atoms with E-state index in [1.165, 1.54) is 0 Å². The minimum Gasteiger partial charge on any atom is -0.444 e. The van der Waals surface area contributed by atoms with E-state index in [1.807, 2.05) is 26.8 Å². The number of rotatable bonds is 3. The van der Waals surface area contributed by atoms with Crippen molar-refractivity contribution >= 4 is 23.5 Å². The van der Waals surface area contributed by atoms with Gasteiger partial charge in [0, 0.05) is 25.0 Å². The van der Waals surface area contributed by atoms with Crippen LogP contribution in [0.1, 0.15) is 39.8 Å². The third-order valence-corrected chi connectivity index (χ3v) is 4.03. The molecule has 1 saturated heterocycles. The van der Waals surface area contributed by atoms with Crippen LogP contribution in [0.2, 0.25) is 5.15 Å². The zero-order valence-electron chi connectivity index (χ0n) is 14.4. The molecule has 0 saturated carbocycles. The van der Waals surface area contributed by atoms with E-state index in [0.29, 0.717) is 18.9 Å². The molecule has 7 nitrogen and oxygen atoms in total. The second kappa shape index (κ2) is 6.81. The van der Waals surface area contributed by atoms with Crippen molar-refractivity contribution in [3.05, 3.63) is 17.0 Å². The zero-order valence-corrected chi connectivity index (χ0v) is 15.1. The summed E-state index contributed by atoms with van der Waals surface area (Å²) in [5, 5.41) is 11.8. The highest BCUT2D eigenvalue weighted by atomic mass is 35.5. The maximum Gasteiger partial charge on any atom is 0.407 e. The molecule has 0 bridgehead atoms. The molecule has 2 heterocycles. The van der Waals surface area contributed by atoms with E-state index in [1.54, 1.807) is 6.20 Å². The Hall–Kier alpha value is -2.07. The molecule has 8 heteroatoms. The van der Waals surface area contributed by atoms with Gasteiger partial charge in [-0.3, -0.25) is 0 Å². The van der Waals surface area contributed by atoms with E-state index >= 15 is 0 Å². The van der Waals surface area contributed by atoms with Crippen LogP contribution in [0.4, 0.5) is 10.6 Å². The summed E-state index contributed by atoms with van der Waals surface area (Å²) in [4.78, 5) is 22.1. The highest BCUT2D eigenvalue weighted by molar-refractivity contribution is 6.30. The summed E-state index contributed by atoms with van der Waals surface area (Å²) in [7, 11) is 0. The fraction of sp³-hybridized carbons (Fsp3) is 0.625. The zero-order chi connectivity index (χ0) is 18.0. The number of nitrogens with zero attached hydrogens (tertiary/aromatic N) is 4. The first kappa shape index (κ1) is 18.3. The number of nitriles is 1. The van der Waals surface area contributed by atoms with E-state index in [2.05, 4.69) is 27.1 Å². The van der Waals surface area contributed by atoms with Gasteiger partial charge in [-0.05, 0) is 27.2 Å². The summed E-state index contributed by atoms with van der Waals surface area (Å²) >= 11 is 5.95. The van der Waals surface area contributed by atoms with Crippen molar-refractivity contribution in [1.29, 1.82) is 5.26 Å². The maximum atomic E-state index is 11.8. The first-order valence-electron chi connectivity index (χ1n) is 7.76. The molecule has 1 N–H and O–H groups in total. The predicted octanol–water partition coefficient (Wildman–Crippen LogP) is 2.74. The van der Waals surface area contributed by atoms with Gasteiger partial charge >= 0.3 is 6.09 Å². The summed E-state index contributed by atoms with van der Waals surface area (Å²) < 4.78 is 5.26. The van der Waals surface area contributed by atoms with Gasteiger partial charge in [-0.25, -0.2) is 14.8 Å². The molecule has 2 rings (SSSR count). The molecule has 1 aliphatic rings. The van der Waals surface area contributed by atoms with E-state index in [0.717, 1.165) is 13.0 Å². The van der Waals surface area contributed by atoms with Crippen molar-refractivity contribution in [2.75, 3.05) is 24.5 Å². The number of carbonyl (C=O) groups excluding carboxylic acids is 1. The van der Waals surface area contributed by atoms with Crippen molar-refractivity contribution in [1.82, 2.24) is 15.3 Å². The van der Waals surface area contributed by atoms with Gasteiger partial charge in [0.25, 0.3) is 0 Å². The average Bonchev–Trinajstić information content (AvgIpc) is 2.86. The van der Waals surface area contributed by atoms with Crippen LogP contribution >= 0.6 is 11.6 Å². The number of amides is 1. The lowest BCUT2D eigenvalue weighted by atomic mass is 9.90. The standard InChI is InChI=1S/C16H22ClN5O2/c1-15(2,3)24-14(23)20-9-16(4)5-6-22(10-16)12-8-19-11(7-18)13(17)21-12/h8H,5-6,9-10H2,1-4H3,(H,20,23). The molecule has 1 aliphatic heterocycles. The van der Waals surface area contributed by atoms with Crippen LogP contribution in [-0.2, 0) is 4.74 Å². The number of halogens is 1. The second-order valence-electron chi connectivity index (χ2n) is 7.32. The monoisotopic (exact) mass is 351 g/mol. The van der Waals surface area contributed by atoms with Gasteiger partial charge < -0.3 is 15.0 Å². The normalized spacial score (nSPS) is 20.6. The van der Waals surface area contributed by atoms with Gasteiger partial charge in [-0.15, -0.1) is 0 Å². The van der Waals surface area contributed by atoms with Crippen LogP contribution in [0.15, 0.2) is 6.20 Å². The van der Waals surface area contributed by atoms with Gasteiger partial charge in [-0.2, -0.15) is 5.26 Å². The molecular formula is C16H22ClN5O2. The molecule has 24 heavy (non-hydrogen) atoms. The quantitative estimate of drug-likeness (QED) is 0.900. The molecule has 1 amide bonds. The summed E-state index contributed by atoms with van der Waals surface area (Å²) in [6.45, 7) is 9.60. The van der Waals surface area contributed by atoms with Crippen molar-refractivity contribution in [3.8, 4) is 6.07 Å². The Morgan fingerprint density at radius 1 is 1.58 bits per heavy atom. The Labute approximate surface area is 147 Å². The molecule has 1 aromatic heterocycles. The number of alkyl carbamates (subject to hydrolysis) is 1. The Morgan fingerprint density at radius 3 is 2.88 bits per heavy atom. The first-order valence-corrected chi connectivity index (χ1v) is 8.14. The number of hydrogen-bond acceptors (Lipinski definition) is 6. The predicted molar refractivity (Wildman–Crippen MR) is 90.9 cm³/mol. The third-order valence-electron chi connectivity index (χ3n) is 3.76. The molecule has 1 fully saturated rings. The molecule has 0 spiro atoms. The Kier molecular flexibility index (Phi) is 5.19. The van der Waals surface area contributed by atoms with Gasteiger partial charge in [0.15, 0.2) is 10.8 Å². The van der Waals surface area contributed by atoms with Crippen LogP contribution < -0.4 is 10.2 Å². The average molecular weight is 352 g/mol. The van der Waals surface area contributed by atoms with Crippen LogP contribution in [0.25, 0.3) is 0 Å². The highest BCUT2D eigenvalue weighted by Crippen LogP contribution is 2.32. The fourth-order valence-electron chi connectivity index (χ4n) is 2.55. The molecule has 1 atom stereocenters. The van der Waals surface area contributed by atoms with Gasteiger partial charge in [0.1, 0.15) is 17.5 Å². The van der Waals surface area contributed by atoms with E-state index in [4.69, 9.17) is 21.6 Å². The summed E-state index contributed by atoms with van der Waals surface area (Å²) in [6.07, 6.45) is 2.03. The lowest BCUT2D eigenvalue weighted by Gasteiger charge is -2.26. The number of ether oxygens (including phenoxy) is 1. The second-order valence-corrected chi connectivity index (χ2v) is 7.68. The SMILES string of the molecule is CC1(CNC(=O)OC(C)(C)C)CCN(c2cnc(C#N)c(Cl)n2)C1. The molecule has 130 valence electrons. The largest absolute Gasteiger partial charge is 0.444 e. The summed E-state index contributed by atoms with van der Waals surface area (Å²) in [5.41, 5.74) is -0.491. The Morgan fingerprint density at radius 2 is 2.29 bits per heavy atom. The van der Waals surface area contributed by atoms with Gasteiger partial charge in [0.05, 0.1) is 6.20 Å². The van der Waals surface area contributed by atoms with Crippen molar-refractivity contribution in [2.45, 2.75) is 39.7 Å². The lowest BCUT2D eigenvalue weighted by molar-refractivity contribution is 0.0507.